The van der Waals surface area contributed by atoms with Crippen LogP contribution in [0.1, 0.15) is 33.0 Å². The first-order valence-electron chi connectivity index (χ1n) is 6.85. The van der Waals surface area contributed by atoms with Crippen molar-refractivity contribution in [1.82, 2.24) is 5.32 Å². The highest BCUT2D eigenvalue weighted by atomic mass is 16.5. The van der Waals surface area contributed by atoms with Crippen LogP contribution in [0, 0.1) is 16.7 Å². The summed E-state index contributed by atoms with van der Waals surface area (Å²) in [5.41, 5.74) is -0.419. The summed E-state index contributed by atoms with van der Waals surface area (Å²) in [4.78, 5) is 12.2. The largest absolute Gasteiger partial charge is 0.465 e. The number of ether oxygens (including phenoxy) is 1. The maximum absolute atomic E-state index is 12.2. The molecule has 1 heterocycles. The van der Waals surface area contributed by atoms with Gasteiger partial charge in [0.05, 0.1) is 11.9 Å². The van der Waals surface area contributed by atoms with Crippen molar-refractivity contribution in [2.24, 2.45) is 5.41 Å². The summed E-state index contributed by atoms with van der Waals surface area (Å²) < 4.78 is 10.7. The highest BCUT2D eigenvalue weighted by molar-refractivity contribution is 6.01. The fourth-order valence-electron chi connectivity index (χ4n) is 2.62. The highest BCUT2D eigenvalue weighted by Crippen LogP contribution is 2.51. The average molecular weight is 288 g/mol. The van der Waals surface area contributed by atoms with E-state index in [-0.39, 0.29) is 28.5 Å². The standard InChI is InChI=1S/C16H20N2O3/c1-15(2)13(9-16(15,3)20-4)18-14(19)11(10-17)8-12-6-5-7-21-12/h5-8,13H,9H2,1-4H3,(H,18,19)/b11-8-/t13-,16-/m0/s1. The quantitative estimate of drug-likeness (QED) is 0.682. The van der Waals surface area contributed by atoms with E-state index < -0.39 is 0 Å². The van der Waals surface area contributed by atoms with Gasteiger partial charge in [-0.2, -0.15) is 5.26 Å². The third-order valence-corrected chi connectivity index (χ3v) is 4.78. The summed E-state index contributed by atoms with van der Waals surface area (Å²) in [5, 5.41) is 12.0. The van der Waals surface area contributed by atoms with E-state index in [2.05, 4.69) is 5.32 Å². The fraction of sp³-hybridized carbons (Fsp3) is 0.500. The second kappa shape index (κ2) is 5.38. The Hall–Kier alpha value is -2.06. The lowest BCUT2D eigenvalue weighted by Crippen LogP contribution is -2.68. The molecule has 5 heteroatoms. The van der Waals surface area contributed by atoms with Gasteiger partial charge >= 0.3 is 0 Å². The van der Waals surface area contributed by atoms with E-state index in [0.29, 0.717) is 5.76 Å². The highest BCUT2D eigenvalue weighted by Gasteiger charge is 2.58. The van der Waals surface area contributed by atoms with E-state index in [9.17, 15) is 4.79 Å². The van der Waals surface area contributed by atoms with E-state index in [1.165, 1.54) is 12.3 Å². The average Bonchev–Trinajstić information content (AvgIpc) is 2.96. The Bertz CT molecular complexity index is 596. The molecule has 1 aromatic heterocycles. The number of hydrogen-bond donors (Lipinski definition) is 1. The van der Waals surface area contributed by atoms with E-state index in [1.807, 2.05) is 26.8 Å². The Morgan fingerprint density at radius 3 is 2.76 bits per heavy atom. The second-order valence-corrected chi connectivity index (χ2v) is 6.07. The molecule has 5 nitrogen and oxygen atoms in total. The zero-order valence-electron chi connectivity index (χ0n) is 12.8. The number of nitrogens with one attached hydrogen (secondary N) is 1. The number of methoxy groups -OCH3 is 1. The lowest BCUT2D eigenvalue weighted by molar-refractivity contribution is -0.181. The number of carbonyl (C=O) groups is 1. The van der Waals surface area contributed by atoms with Crippen molar-refractivity contribution >= 4 is 12.0 Å². The number of amides is 1. The zero-order valence-corrected chi connectivity index (χ0v) is 12.8. The topological polar surface area (TPSA) is 75.3 Å². The molecule has 0 spiro atoms. The van der Waals surface area contributed by atoms with Crippen molar-refractivity contribution in [1.29, 1.82) is 5.26 Å². The lowest BCUT2D eigenvalue weighted by atomic mass is 9.56. The van der Waals surface area contributed by atoms with Gasteiger partial charge in [-0.3, -0.25) is 4.79 Å². The summed E-state index contributed by atoms with van der Waals surface area (Å²) in [6.45, 7) is 6.13. The molecule has 0 aliphatic heterocycles. The minimum atomic E-state index is -0.384. The van der Waals surface area contributed by atoms with Gasteiger partial charge in [0.2, 0.25) is 0 Å². The SMILES string of the molecule is CO[C@@]1(C)C[C@H](NC(=O)/C(C#N)=C\c2ccco2)C1(C)C. The zero-order chi connectivity index (χ0) is 15.7. The van der Waals surface area contributed by atoms with Gasteiger partial charge in [0, 0.05) is 24.6 Å². The third-order valence-electron chi connectivity index (χ3n) is 4.78. The first kappa shape index (κ1) is 15.3. The molecule has 2 rings (SSSR count). The van der Waals surface area contributed by atoms with E-state index in [1.54, 1.807) is 19.2 Å². The number of nitriles is 1. The van der Waals surface area contributed by atoms with Crippen LogP contribution in [0.5, 0.6) is 0 Å². The second-order valence-electron chi connectivity index (χ2n) is 6.07. The third kappa shape index (κ3) is 2.59. The smallest absolute Gasteiger partial charge is 0.262 e. The van der Waals surface area contributed by atoms with Crippen molar-refractivity contribution in [3.05, 3.63) is 29.7 Å². The molecule has 21 heavy (non-hydrogen) atoms. The molecule has 0 aromatic carbocycles. The first-order chi connectivity index (χ1) is 9.84. The number of carbonyl (C=O) groups excluding carboxylic acids is 1. The number of rotatable bonds is 4. The summed E-state index contributed by atoms with van der Waals surface area (Å²) >= 11 is 0. The van der Waals surface area contributed by atoms with Crippen LogP contribution in [0.15, 0.2) is 28.4 Å². The molecule has 1 aromatic rings. The van der Waals surface area contributed by atoms with Gasteiger partial charge < -0.3 is 14.5 Å². The minimum absolute atomic E-state index is 0.0247. The molecule has 112 valence electrons. The molecular formula is C16H20N2O3. The maximum atomic E-state index is 12.2. The number of hydrogen-bond acceptors (Lipinski definition) is 4. The molecule has 0 unspecified atom stereocenters. The van der Waals surface area contributed by atoms with E-state index >= 15 is 0 Å². The molecule has 0 radical (unpaired) electrons. The van der Waals surface area contributed by atoms with Crippen molar-refractivity contribution in [3.63, 3.8) is 0 Å². The molecule has 0 bridgehead atoms. The molecule has 1 aliphatic rings. The number of nitrogens with zero attached hydrogens (tertiary/aromatic N) is 1. The van der Waals surface area contributed by atoms with Crippen molar-refractivity contribution in [2.45, 2.75) is 38.8 Å². The fourth-order valence-corrected chi connectivity index (χ4v) is 2.62. The summed E-state index contributed by atoms with van der Waals surface area (Å²) in [6.07, 6.45) is 3.66. The molecule has 1 aliphatic carbocycles. The normalized spacial score (nSPS) is 27.6. The lowest BCUT2D eigenvalue weighted by Gasteiger charge is -2.59. The van der Waals surface area contributed by atoms with Crippen LogP contribution < -0.4 is 5.32 Å². The Kier molecular flexibility index (Phi) is 3.93. The predicted octanol–water partition coefficient (Wildman–Crippen LogP) is 2.51. The van der Waals surface area contributed by atoms with Crippen LogP contribution in [-0.4, -0.2) is 24.7 Å². The molecular weight excluding hydrogens is 268 g/mol. The Morgan fingerprint density at radius 2 is 2.29 bits per heavy atom. The van der Waals surface area contributed by atoms with E-state index in [0.717, 1.165) is 6.42 Å². The molecule has 1 saturated carbocycles. The predicted molar refractivity (Wildman–Crippen MR) is 78.0 cm³/mol. The van der Waals surface area contributed by atoms with Gasteiger partial charge in [0.1, 0.15) is 17.4 Å². The van der Waals surface area contributed by atoms with Gasteiger partial charge in [-0.25, -0.2) is 0 Å². The Balaban J connectivity index is 2.07. The van der Waals surface area contributed by atoms with Crippen LogP contribution in [0.3, 0.4) is 0 Å². The van der Waals surface area contributed by atoms with Gasteiger partial charge in [0.15, 0.2) is 0 Å². The molecule has 1 fully saturated rings. The van der Waals surface area contributed by atoms with Gasteiger partial charge in [-0.15, -0.1) is 0 Å². The first-order valence-corrected chi connectivity index (χ1v) is 6.85. The summed E-state index contributed by atoms with van der Waals surface area (Å²) in [5.74, 6) is 0.0985. The molecule has 2 atom stereocenters. The minimum Gasteiger partial charge on any atom is -0.465 e. The van der Waals surface area contributed by atoms with Crippen LogP contribution in [-0.2, 0) is 9.53 Å². The van der Waals surface area contributed by atoms with Crippen molar-refractivity contribution in [2.75, 3.05) is 7.11 Å². The molecule has 1 amide bonds. The van der Waals surface area contributed by atoms with Crippen LogP contribution in [0.4, 0.5) is 0 Å². The van der Waals surface area contributed by atoms with Crippen LogP contribution in [0.2, 0.25) is 0 Å². The van der Waals surface area contributed by atoms with Gasteiger partial charge in [-0.05, 0) is 25.5 Å². The maximum Gasteiger partial charge on any atom is 0.262 e. The van der Waals surface area contributed by atoms with Crippen molar-refractivity contribution in [3.8, 4) is 6.07 Å². The molecule has 1 N–H and O–H groups in total. The Labute approximate surface area is 124 Å². The Morgan fingerprint density at radius 1 is 1.57 bits per heavy atom. The van der Waals surface area contributed by atoms with Crippen LogP contribution in [0.25, 0.3) is 6.08 Å². The summed E-state index contributed by atoms with van der Waals surface area (Å²) in [6, 6.07) is 5.29. The number of furan rings is 1. The molecule has 0 saturated heterocycles. The monoisotopic (exact) mass is 288 g/mol. The van der Waals surface area contributed by atoms with Gasteiger partial charge in [-0.1, -0.05) is 13.8 Å². The van der Waals surface area contributed by atoms with Gasteiger partial charge in [0.25, 0.3) is 5.91 Å². The van der Waals surface area contributed by atoms with Crippen LogP contribution >= 0.6 is 0 Å². The van der Waals surface area contributed by atoms with Crippen molar-refractivity contribution < 1.29 is 13.9 Å². The summed E-state index contributed by atoms with van der Waals surface area (Å²) in [7, 11) is 1.68. The van der Waals surface area contributed by atoms with E-state index in [4.69, 9.17) is 14.4 Å².